The van der Waals surface area contributed by atoms with Crippen molar-refractivity contribution in [2.75, 3.05) is 0 Å². The van der Waals surface area contributed by atoms with Crippen LogP contribution >= 0.6 is 0 Å². The second-order valence-electron chi connectivity index (χ2n) is 2.37. The Kier molecular flexibility index (Phi) is 1.21. The fourth-order valence-electron chi connectivity index (χ4n) is 0.966. The van der Waals surface area contributed by atoms with E-state index in [0.717, 1.165) is 0 Å². The van der Waals surface area contributed by atoms with Crippen LogP contribution in [0.15, 0.2) is 15.0 Å². The van der Waals surface area contributed by atoms with Crippen molar-refractivity contribution < 1.29 is 18.8 Å². The van der Waals surface area contributed by atoms with Gasteiger partial charge in [-0.3, -0.25) is 0 Å². The van der Waals surface area contributed by atoms with Gasteiger partial charge in [0.1, 0.15) is 5.76 Å². The number of carbonyl (C=O) groups is 1. The van der Waals surface area contributed by atoms with E-state index in [1.54, 1.807) is 6.92 Å². The van der Waals surface area contributed by atoms with Crippen molar-refractivity contribution in [3.8, 4) is 0 Å². The number of carboxylic acid groups (broad SMARTS) is 1. The minimum atomic E-state index is -1.10. The third kappa shape index (κ3) is 0.795. The van der Waals surface area contributed by atoms with Gasteiger partial charge in [0.15, 0.2) is 0 Å². The SMILES string of the molecule is Cc1onc2oc(C(=O)O)cc12. The van der Waals surface area contributed by atoms with Crippen molar-refractivity contribution in [2.45, 2.75) is 6.92 Å². The highest BCUT2D eigenvalue weighted by Crippen LogP contribution is 2.21. The summed E-state index contributed by atoms with van der Waals surface area (Å²) < 4.78 is 9.60. The quantitative estimate of drug-likeness (QED) is 0.695. The lowest BCUT2D eigenvalue weighted by Crippen LogP contribution is -1.91. The smallest absolute Gasteiger partial charge is 0.371 e. The molecule has 0 atom stereocenters. The van der Waals surface area contributed by atoms with E-state index in [4.69, 9.17) is 14.0 Å². The average Bonchev–Trinajstić information content (AvgIpc) is 2.53. The molecule has 0 spiro atoms. The van der Waals surface area contributed by atoms with Gasteiger partial charge in [-0.05, 0) is 12.1 Å². The van der Waals surface area contributed by atoms with E-state index in [0.29, 0.717) is 11.1 Å². The van der Waals surface area contributed by atoms with Crippen molar-refractivity contribution >= 4 is 17.1 Å². The number of fused-ring (bicyclic) bond motifs is 1. The largest absolute Gasteiger partial charge is 0.475 e. The van der Waals surface area contributed by atoms with Crippen LogP contribution in [0.4, 0.5) is 0 Å². The summed E-state index contributed by atoms with van der Waals surface area (Å²) in [6.45, 7) is 1.69. The molecule has 0 saturated carbocycles. The zero-order valence-electron chi connectivity index (χ0n) is 6.20. The number of carboxylic acids is 1. The molecule has 0 aliphatic heterocycles. The summed E-state index contributed by atoms with van der Waals surface area (Å²) in [5.41, 5.74) is 0.227. The Labute approximate surface area is 66.6 Å². The third-order valence-electron chi connectivity index (χ3n) is 1.57. The minimum Gasteiger partial charge on any atom is -0.475 e. The Bertz CT molecular complexity index is 439. The summed E-state index contributed by atoms with van der Waals surface area (Å²) in [6, 6.07) is 1.39. The molecule has 1 N–H and O–H groups in total. The molecular formula is C7H5NO4. The van der Waals surface area contributed by atoms with Gasteiger partial charge in [-0.25, -0.2) is 4.79 Å². The van der Waals surface area contributed by atoms with Crippen LogP contribution < -0.4 is 0 Å². The molecule has 0 unspecified atom stereocenters. The van der Waals surface area contributed by atoms with Crippen molar-refractivity contribution in [1.82, 2.24) is 5.16 Å². The molecule has 2 aromatic rings. The number of aromatic nitrogens is 1. The number of furan rings is 1. The Morgan fingerprint density at radius 2 is 2.42 bits per heavy atom. The lowest BCUT2D eigenvalue weighted by atomic mass is 10.3. The van der Waals surface area contributed by atoms with Gasteiger partial charge in [-0.2, -0.15) is 0 Å². The topological polar surface area (TPSA) is 76.5 Å². The summed E-state index contributed by atoms with van der Waals surface area (Å²) >= 11 is 0. The van der Waals surface area contributed by atoms with E-state index in [1.807, 2.05) is 0 Å². The van der Waals surface area contributed by atoms with Crippen molar-refractivity contribution in [2.24, 2.45) is 0 Å². The maximum absolute atomic E-state index is 10.4. The fraction of sp³-hybridized carbons (Fsp3) is 0.143. The summed E-state index contributed by atoms with van der Waals surface area (Å²) in [7, 11) is 0. The number of aromatic carboxylic acids is 1. The lowest BCUT2D eigenvalue weighted by molar-refractivity contribution is 0.0664. The Balaban J connectivity index is 2.70. The van der Waals surface area contributed by atoms with Gasteiger partial charge < -0.3 is 14.0 Å². The molecule has 5 heteroatoms. The van der Waals surface area contributed by atoms with Crippen LogP contribution in [0.5, 0.6) is 0 Å². The summed E-state index contributed by atoms with van der Waals surface area (Å²) in [4.78, 5) is 10.4. The summed E-state index contributed by atoms with van der Waals surface area (Å²) in [5.74, 6) is -0.667. The van der Waals surface area contributed by atoms with E-state index in [1.165, 1.54) is 6.07 Å². The Morgan fingerprint density at radius 3 is 3.00 bits per heavy atom. The first kappa shape index (κ1) is 6.90. The summed E-state index contributed by atoms with van der Waals surface area (Å²) in [6.07, 6.45) is 0. The van der Waals surface area contributed by atoms with Gasteiger partial charge in [0.2, 0.25) is 5.76 Å². The summed E-state index contributed by atoms with van der Waals surface area (Å²) in [5, 5.41) is 12.7. The van der Waals surface area contributed by atoms with Gasteiger partial charge in [-0.15, -0.1) is 0 Å². The van der Waals surface area contributed by atoms with Crippen LogP contribution in [-0.4, -0.2) is 16.2 Å². The van der Waals surface area contributed by atoms with Crippen LogP contribution in [0.2, 0.25) is 0 Å². The minimum absolute atomic E-state index is 0.119. The first-order chi connectivity index (χ1) is 5.68. The Morgan fingerprint density at radius 1 is 1.67 bits per heavy atom. The lowest BCUT2D eigenvalue weighted by Gasteiger charge is -1.81. The molecule has 5 nitrogen and oxygen atoms in total. The first-order valence-corrected chi connectivity index (χ1v) is 3.27. The van der Waals surface area contributed by atoms with E-state index in [-0.39, 0.29) is 11.5 Å². The third-order valence-corrected chi connectivity index (χ3v) is 1.57. The zero-order chi connectivity index (χ0) is 8.72. The van der Waals surface area contributed by atoms with Crippen LogP contribution in [0, 0.1) is 6.92 Å². The molecule has 0 fully saturated rings. The van der Waals surface area contributed by atoms with Gasteiger partial charge in [0, 0.05) is 6.07 Å². The number of aryl methyl sites for hydroxylation is 1. The average molecular weight is 167 g/mol. The van der Waals surface area contributed by atoms with Gasteiger partial charge in [-0.1, -0.05) is 0 Å². The van der Waals surface area contributed by atoms with E-state index < -0.39 is 5.97 Å². The molecule has 2 heterocycles. The first-order valence-electron chi connectivity index (χ1n) is 3.27. The predicted molar refractivity (Wildman–Crippen MR) is 38.0 cm³/mol. The molecule has 0 amide bonds. The van der Waals surface area contributed by atoms with E-state index in [2.05, 4.69) is 5.16 Å². The normalized spacial score (nSPS) is 10.8. The molecule has 62 valence electrons. The highest BCUT2D eigenvalue weighted by molar-refractivity contribution is 5.90. The molecular weight excluding hydrogens is 162 g/mol. The second-order valence-corrected chi connectivity index (χ2v) is 2.37. The fourth-order valence-corrected chi connectivity index (χ4v) is 0.966. The molecule has 0 saturated heterocycles. The second kappa shape index (κ2) is 2.10. The standard InChI is InChI=1S/C7H5NO4/c1-3-4-2-5(7(9)10)11-6(4)8-12-3/h2H,1H3,(H,9,10). The van der Waals surface area contributed by atoms with E-state index >= 15 is 0 Å². The molecule has 2 rings (SSSR count). The van der Waals surface area contributed by atoms with Crippen LogP contribution in [0.3, 0.4) is 0 Å². The highest BCUT2D eigenvalue weighted by Gasteiger charge is 2.14. The molecule has 0 aromatic carbocycles. The van der Waals surface area contributed by atoms with Crippen molar-refractivity contribution in [3.05, 3.63) is 17.6 Å². The zero-order valence-corrected chi connectivity index (χ0v) is 6.20. The molecule has 2 aromatic heterocycles. The molecule has 0 aliphatic rings. The molecule has 0 bridgehead atoms. The monoisotopic (exact) mass is 167 g/mol. The van der Waals surface area contributed by atoms with E-state index in [9.17, 15) is 4.79 Å². The van der Waals surface area contributed by atoms with Crippen molar-refractivity contribution in [1.29, 1.82) is 0 Å². The van der Waals surface area contributed by atoms with Gasteiger partial charge in [0.25, 0.3) is 5.71 Å². The van der Waals surface area contributed by atoms with Gasteiger partial charge in [0.05, 0.1) is 5.39 Å². The van der Waals surface area contributed by atoms with Crippen LogP contribution in [0.25, 0.3) is 11.1 Å². The van der Waals surface area contributed by atoms with Crippen LogP contribution in [-0.2, 0) is 0 Å². The van der Waals surface area contributed by atoms with Gasteiger partial charge >= 0.3 is 5.97 Å². The van der Waals surface area contributed by atoms with Crippen molar-refractivity contribution in [3.63, 3.8) is 0 Å². The highest BCUT2D eigenvalue weighted by atomic mass is 16.5. The molecule has 0 aliphatic carbocycles. The van der Waals surface area contributed by atoms with Crippen LogP contribution in [0.1, 0.15) is 16.3 Å². The Hall–Kier alpha value is -1.78. The number of rotatable bonds is 1. The molecule has 0 radical (unpaired) electrons. The maximum atomic E-state index is 10.4. The number of hydrogen-bond donors (Lipinski definition) is 1. The number of nitrogens with zero attached hydrogens (tertiary/aromatic N) is 1. The molecule has 12 heavy (non-hydrogen) atoms. The maximum Gasteiger partial charge on any atom is 0.371 e. The predicted octanol–water partition coefficient (Wildman–Crippen LogP) is 1.43. The number of hydrogen-bond acceptors (Lipinski definition) is 4.